The Hall–Kier alpha value is -1.64. The molecule has 1 aliphatic carbocycles. The maximum atomic E-state index is 10.9. The third-order valence-electron chi connectivity index (χ3n) is 2.66. The molecular weight excluding hydrogens is 176 g/mol. The molecule has 0 aromatic heterocycles. The van der Waals surface area contributed by atoms with E-state index in [1.54, 1.807) is 0 Å². The van der Waals surface area contributed by atoms with Crippen molar-refractivity contribution in [2.24, 2.45) is 11.7 Å². The van der Waals surface area contributed by atoms with E-state index < -0.39 is 0 Å². The highest BCUT2D eigenvalue weighted by Crippen LogP contribution is 2.47. The van der Waals surface area contributed by atoms with Crippen molar-refractivity contribution in [2.45, 2.75) is 12.3 Å². The first-order chi connectivity index (χ1) is 6.72. The predicted octanol–water partition coefficient (Wildman–Crippen LogP) is 1.27. The lowest BCUT2D eigenvalue weighted by Crippen LogP contribution is -2.13. The Morgan fingerprint density at radius 3 is 2.93 bits per heavy atom. The van der Waals surface area contributed by atoms with Crippen LogP contribution >= 0.6 is 0 Å². The van der Waals surface area contributed by atoms with Crippen LogP contribution in [0.15, 0.2) is 24.3 Å². The molecule has 0 saturated heterocycles. The number of amides is 1. The van der Waals surface area contributed by atoms with Gasteiger partial charge in [-0.3, -0.25) is 4.79 Å². The second-order valence-corrected chi connectivity index (χ2v) is 3.67. The van der Waals surface area contributed by atoms with Gasteiger partial charge < -0.3 is 11.1 Å². The molecule has 3 heteroatoms. The number of carbonyl (C=O) groups excluding carboxylic acids is 1. The molecule has 1 amide bonds. The SMILES string of the molecule is N=Cc1cccc(C2CC2C(N)=O)c1. The molecule has 3 nitrogen and oxygen atoms in total. The Morgan fingerprint density at radius 2 is 2.36 bits per heavy atom. The van der Waals surface area contributed by atoms with Crippen LogP contribution in [0.2, 0.25) is 0 Å². The second kappa shape index (κ2) is 3.25. The van der Waals surface area contributed by atoms with Gasteiger partial charge in [0.1, 0.15) is 0 Å². The summed E-state index contributed by atoms with van der Waals surface area (Å²) in [5, 5.41) is 7.12. The highest BCUT2D eigenvalue weighted by Gasteiger charge is 2.42. The highest BCUT2D eigenvalue weighted by molar-refractivity contribution is 5.82. The topological polar surface area (TPSA) is 66.9 Å². The van der Waals surface area contributed by atoms with Crippen molar-refractivity contribution in [1.82, 2.24) is 0 Å². The molecule has 1 aromatic carbocycles. The van der Waals surface area contributed by atoms with Gasteiger partial charge in [-0.2, -0.15) is 0 Å². The van der Waals surface area contributed by atoms with Crippen LogP contribution in [0.1, 0.15) is 23.5 Å². The summed E-state index contributed by atoms with van der Waals surface area (Å²) in [7, 11) is 0. The van der Waals surface area contributed by atoms with Crippen molar-refractivity contribution in [3.05, 3.63) is 35.4 Å². The zero-order valence-electron chi connectivity index (χ0n) is 7.73. The lowest BCUT2D eigenvalue weighted by Gasteiger charge is -1.99. The zero-order valence-corrected chi connectivity index (χ0v) is 7.73. The number of hydrogen-bond acceptors (Lipinski definition) is 2. The van der Waals surface area contributed by atoms with Gasteiger partial charge in [-0.15, -0.1) is 0 Å². The first-order valence-electron chi connectivity index (χ1n) is 4.62. The van der Waals surface area contributed by atoms with Crippen molar-refractivity contribution in [1.29, 1.82) is 5.41 Å². The fourth-order valence-corrected chi connectivity index (χ4v) is 1.76. The molecular formula is C11H12N2O. The molecule has 2 atom stereocenters. The Morgan fingerprint density at radius 1 is 1.57 bits per heavy atom. The van der Waals surface area contributed by atoms with Crippen molar-refractivity contribution in [3.8, 4) is 0 Å². The van der Waals surface area contributed by atoms with E-state index in [9.17, 15) is 4.79 Å². The van der Waals surface area contributed by atoms with Crippen LogP contribution in [0.3, 0.4) is 0 Å². The molecule has 1 aliphatic rings. The van der Waals surface area contributed by atoms with Gasteiger partial charge in [0.2, 0.25) is 5.91 Å². The van der Waals surface area contributed by atoms with Gasteiger partial charge in [0.15, 0.2) is 0 Å². The van der Waals surface area contributed by atoms with Crippen molar-refractivity contribution < 1.29 is 4.79 Å². The van der Waals surface area contributed by atoms with E-state index in [0.29, 0.717) is 0 Å². The standard InChI is InChI=1S/C11H12N2O/c12-6-7-2-1-3-8(4-7)9-5-10(9)11(13)14/h1-4,6,9-10,12H,5H2,(H2,13,14). The number of benzene rings is 1. The molecule has 1 fully saturated rings. The van der Waals surface area contributed by atoms with Crippen LogP contribution in [-0.2, 0) is 4.79 Å². The van der Waals surface area contributed by atoms with E-state index in [-0.39, 0.29) is 17.7 Å². The molecule has 0 radical (unpaired) electrons. The average Bonchev–Trinajstić information content (AvgIpc) is 2.97. The first kappa shape index (κ1) is 8.94. The highest BCUT2D eigenvalue weighted by atomic mass is 16.1. The van der Waals surface area contributed by atoms with Crippen LogP contribution in [-0.4, -0.2) is 12.1 Å². The van der Waals surface area contributed by atoms with Gasteiger partial charge in [0, 0.05) is 12.1 Å². The third-order valence-corrected chi connectivity index (χ3v) is 2.66. The van der Waals surface area contributed by atoms with Crippen molar-refractivity contribution in [2.75, 3.05) is 0 Å². The van der Waals surface area contributed by atoms with E-state index in [0.717, 1.165) is 17.5 Å². The Balaban J connectivity index is 2.18. The molecule has 0 heterocycles. The lowest BCUT2D eigenvalue weighted by atomic mass is 10.1. The number of primary amides is 1. The number of rotatable bonds is 3. The Kier molecular flexibility index (Phi) is 2.08. The van der Waals surface area contributed by atoms with Crippen molar-refractivity contribution in [3.63, 3.8) is 0 Å². The van der Waals surface area contributed by atoms with Crippen LogP contribution in [0.5, 0.6) is 0 Å². The fourth-order valence-electron chi connectivity index (χ4n) is 1.76. The first-order valence-corrected chi connectivity index (χ1v) is 4.62. The summed E-state index contributed by atoms with van der Waals surface area (Å²) in [5.41, 5.74) is 7.21. The van der Waals surface area contributed by atoms with E-state index in [1.807, 2.05) is 24.3 Å². The molecule has 3 N–H and O–H groups in total. The summed E-state index contributed by atoms with van der Waals surface area (Å²) >= 11 is 0. The third kappa shape index (κ3) is 1.53. The molecule has 0 aliphatic heterocycles. The molecule has 1 aromatic rings. The minimum Gasteiger partial charge on any atom is -0.369 e. The molecule has 2 rings (SSSR count). The average molecular weight is 188 g/mol. The summed E-state index contributed by atoms with van der Waals surface area (Å²) in [6.07, 6.45) is 2.17. The van der Waals surface area contributed by atoms with Gasteiger partial charge in [-0.05, 0) is 29.5 Å². The Labute approximate surface area is 82.4 Å². The van der Waals surface area contributed by atoms with Gasteiger partial charge >= 0.3 is 0 Å². The molecule has 2 unspecified atom stereocenters. The number of nitrogens with one attached hydrogen (secondary N) is 1. The van der Waals surface area contributed by atoms with Gasteiger partial charge in [-0.1, -0.05) is 18.2 Å². The molecule has 14 heavy (non-hydrogen) atoms. The number of carbonyl (C=O) groups is 1. The van der Waals surface area contributed by atoms with Gasteiger partial charge in [0.05, 0.1) is 0 Å². The van der Waals surface area contributed by atoms with E-state index in [2.05, 4.69) is 0 Å². The summed E-state index contributed by atoms with van der Waals surface area (Å²) in [5.74, 6) is 0.0821. The quantitative estimate of drug-likeness (QED) is 0.689. The largest absolute Gasteiger partial charge is 0.369 e. The molecule has 0 bridgehead atoms. The van der Waals surface area contributed by atoms with E-state index in [1.165, 1.54) is 6.21 Å². The number of nitrogens with two attached hydrogens (primary N) is 1. The summed E-state index contributed by atoms with van der Waals surface area (Å²) < 4.78 is 0. The van der Waals surface area contributed by atoms with Crippen LogP contribution in [0.4, 0.5) is 0 Å². The second-order valence-electron chi connectivity index (χ2n) is 3.67. The normalized spacial score (nSPS) is 24.3. The molecule has 0 spiro atoms. The summed E-state index contributed by atoms with van der Waals surface area (Å²) in [6, 6.07) is 7.71. The maximum Gasteiger partial charge on any atom is 0.221 e. The monoisotopic (exact) mass is 188 g/mol. The fraction of sp³-hybridized carbons (Fsp3) is 0.273. The maximum absolute atomic E-state index is 10.9. The minimum absolute atomic E-state index is 0.0102. The van der Waals surface area contributed by atoms with Crippen molar-refractivity contribution >= 4 is 12.1 Å². The van der Waals surface area contributed by atoms with E-state index in [4.69, 9.17) is 11.1 Å². The predicted molar refractivity (Wildman–Crippen MR) is 54.4 cm³/mol. The smallest absolute Gasteiger partial charge is 0.221 e. The summed E-state index contributed by atoms with van der Waals surface area (Å²) in [4.78, 5) is 10.9. The zero-order chi connectivity index (χ0) is 10.1. The van der Waals surface area contributed by atoms with Gasteiger partial charge in [-0.25, -0.2) is 0 Å². The van der Waals surface area contributed by atoms with Gasteiger partial charge in [0.25, 0.3) is 0 Å². The minimum atomic E-state index is -0.213. The molecule has 1 saturated carbocycles. The lowest BCUT2D eigenvalue weighted by molar-refractivity contribution is -0.119. The van der Waals surface area contributed by atoms with E-state index >= 15 is 0 Å². The summed E-state index contributed by atoms with van der Waals surface area (Å²) in [6.45, 7) is 0. The number of hydrogen-bond donors (Lipinski definition) is 2. The molecule has 72 valence electrons. The van der Waals surface area contributed by atoms with Crippen LogP contribution < -0.4 is 5.73 Å². The Bertz CT molecular complexity index is 387. The van der Waals surface area contributed by atoms with Crippen LogP contribution in [0, 0.1) is 11.3 Å². The van der Waals surface area contributed by atoms with Crippen LogP contribution in [0.25, 0.3) is 0 Å².